The number of aliphatic hydroxyl groups excluding tert-OH is 1. The van der Waals surface area contributed by atoms with Crippen LogP contribution in [0.2, 0.25) is 0 Å². The number of carbonyl (C=O) groups excluding carboxylic acids is 2. The van der Waals surface area contributed by atoms with E-state index in [2.05, 4.69) is 5.32 Å². The number of esters is 1. The fourth-order valence-corrected chi connectivity index (χ4v) is 2.00. The SMILES string of the molecule is CC(C)(C)OC(=O)C[C@@H](CCCCN)C(=O)NCCOCCO. The number of carbonyl (C=O) groups is 2. The summed E-state index contributed by atoms with van der Waals surface area (Å²) in [6.07, 6.45) is 2.26. The zero-order valence-electron chi connectivity index (χ0n) is 14.6. The van der Waals surface area contributed by atoms with Crippen molar-refractivity contribution in [2.24, 2.45) is 11.7 Å². The second kappa shape index (κ2) is 12.3. The van der Waals surface area contributed by atoms with Crippen molar-refractivity contribution >= 4 is 11.9 Å². The molecule has 7 nitrogen and oxygen atoms in total. The van der Waals surface area contributed by atoms with E-state index in [1.165, 1.54) is 0 Å². The van der Waals surface area contributed by atoms with Gasteiger partial charge in [-0.15, -0.1) is 0 Å². The molecule has 0 aliphatic rings. The van der Waals surface area contributed by atoms with Gasteiger partial charge in [-0.3, -0.25) is 9.59 Å². The first-order valence-electron chi connectivity index (χ1n) is 8.18. The molecule has 1 amide bonds. The van der Waals surface area contributed by atoms with Gasteiger partial charge in [-0.2, -0.15) is 0 Å². The molecule has 1 atom stereocenters. The fraction of sp³-hybridized carbons (Fsp3) is 0.875. The van der Waals surface area contributed by atoms with Crippen LogP contribution in [0.5, 0.6) is 0 Å². The lowest BCUT2D eigenvalue weighted by molar-refractivity contribution is -0.157. The van der Waals surface area contributed by atoms with Gasteiger partial charge in [-0.25, -0.2) is 0 Å². The van der Waals surface area contributed by atoms with Crippen molar-refractivity contribution in [2.45, 2.75) is 52.1 Å². The van der Waals surface area contributed by atoms with E-state index in [0.717, 1.165) is 12.8 Å². The van der Waals surface area contributed by atoms with Crippen molar-refractivity contribution in [2.75, 3.05) is 32.9 Å². The number of rotatable bonds is 12. The Balaban J connectivity index is 4.36. The molecule has 0 aliphatic carbocycles. The molecule has 0 heterocycles. The van der Waals surface area contributed by atoms with Crippen molar-refractivity contribution in [3.63, 3.8) is 0 Å². The summed E-state index contributed by atoms with van der Waals surface area (Å²) in [6, 6.07) is 0. The molecule has 0 radical (unpaired) electrons. The molecular weight excluding hydrogens is 300 g/mol. The van der Waals surface area contributed by atoms with Gasteiger partial charge in [-0.05, 0) is 40.2 Å². The van der Waals surface area contributed by atoms with Crippen LogP contribution < -0.4 is 11.1 Å². The molecular formula is C16H32N2O5. The third-order valence-corrected chi connectivity index (χ3v) is 2.99. The van der Waals surface area contributed by atoms with E-state index in [4.69, 9.17) is 20.3 Å². The topological polar surface area (TPSA) is 111 Å². The molecule has 0 aromatic heterocycles. The Kier molecular flexibility index (Phi) is 11.6. The lowest BCUT2D eigenvalue weighted by Crippen LogP contribution is -2.35. The standard InChI is InChI=1S/C16H32N2O5/c1-16(2,3)23-14(20)12-13(6-4-5-7-17)15(21)18-8-10-22-11-9-19/h13,19H,4-12,17H2,1-3H3,(H,18,21)/t13-/m1/s1. The van der Waals surface area contributed by atoms with Gasteiger partial charge >= 0.3 is 5.97 Å². The Hall–Kier alpha value is -1.18. The van der Waals surface area contributed by atoms with Crippen molar-refractivity contribution in [1.29, 1.82) is 0 Å². The third kappa shape index (κ3) is 13.0. The number of hydrogen-bond acceptors (Lipinski definition) is 6. The first-order chi connectivity index (χ1) is 10.8. The van der Waals surface area contributed by atoms with E-state index in [1.54, 1.807) is 20.8 Å². The van der Waals surface area contributed by atoms with Crippen molar-refractivity contribution in [1.82, 2.24) is 5.32 Å². The van der Waals surface area contributed by atoms with E-state index >= 15 is 0 Å². The quantitative estimate of drug-likeness (QED) is 0.356. The Morgan fingerprint density at radius 1 is 1.22 bits per heavy atom. The van der Waals surface area contributed by atoms with Gasteiger partial charge in [0.1, 0.15) is 5.60 Å². The lowest BCUT2D eigenvalue weighted by Gasteiger charge is -2.22. The Morgan fingerprint density at radius 2 is 1.91 bits per heavy atom. The van der Waals surface area contributed by atoms with Gasteiger partial charge in [0.05, 0.1) is 26.2 Å². The molecule has 0 rings (SSSR count). The Labute approximate surface area is 138 Å². The molecule has 23 heavy (non-hydrogen) atoms. The van der Waals surface area contributed by atoms with Gasteiger partial charge in [0.25, 0.3) is 0 Å². The zero-order chi connectivity index (χ0) is 17.7. The molecule has 0 saturated heterocycles. The molecule has 0 aliphatic heterocycles. The fourth-order valence-electron chi connectivity index (χ4n) is 2.00. The molecule has 0 aromatic rings. The van der Waals surface area contributed by atoms with E-state index in [0.29, 0.717) is 26.1 Å². The monoisotopic (exact) mass is 332 g/mol. The smallest absolute Gasteiger partial charge is 0.307 e. The summed E-state index contributed by atoms with van der Waals surface area (Å²) in [5.74, 6) is -0.975. The minimum absolute atomic E-state index is 0.0473. The summed E-state index contributed by atoms with van der Waals surface area (Å²) in [7, 11) is 0. The predicted octanol–water partition coefficient (Wildman–Crippen LogP) is 0.589. The van der Waals surface area contributed by atoms with Crippen LogP contribution in [0.15, 0.2) is 0 Å². The van der Waals surface area contributed by atoms with E-state index in [-0.39, 0.29) is 31.5 Å². The van der Waals surface area contributed by atoms with Gasteiger partial charge in [-0.1, -0.05) is 6.42 Å². The molecule has 0 aromatic carbocycles. The van der Waals surface area contributed by atoms with E-state index < -0.39 is 11.5 Å². The van der Waals surface area contributed by atoms with Crippen LogP contribution in [0, 0.1) is 5.92 Å². The van der Waals surface area contributed by atoms with Crippen molar-refractivity contribution in [3.8, 4) is 0 Å². The van der Waals surface area contributed by atoms with Crippen LogP contribution >= 0.6 is 0 Å². The predicted molar refractivity (Wildman–Crippen MR) is 87.8 cm³/mol. The highest BCUT2D eigenvalue weighted by Crippen LogP contribution is 2.17. The highest BCUT2D eigenvalue weighted by Gasteiger charge is 2.25. The zero-order valence-corrected chi connectivity index (χ0v) is 14.6. The van der Waals surface area contributed by atoms with Crippen molar-refractivity contribution in [3.05, 3.63) is 0 Å². The number of amides is 1. The van der Waals surface area contributed by atoms with Crippen LogP contribution in [-0.4, -0.2) is 55.5 Å². The number of nitrogens with two attached hydrogens (primary N) is 1. The summed E-state index contributed by atoms with van der Waals surface area (Å²) in [4.78, 5) is 24.2. The largest absolute Gasteiger partial charge is 0.460 e. The maximum absolute atomic E-state index is 12.2. The maximum atomic E-state index is 12.2. The number of nitrogens with one attached hydrogen (secondary N) is 1. The number of hydrogen-bond donors (Lipinski definition) is 3. The second-order valence-electron chi connectivity index (χ2n) is 6.40. The molecule has 0 bridgehead atoms. The highest BCUT2D eigenvalue weighted by molar-refractivity contribution is 5.83. The van der Waals surface area contributed by atoms with Crippen LogP contribution in [0.3, 0.4) is 0 Å². The van der Waals surface area contributed by atoms with Gasteiger partial charge < -0.3 is 25.6 Å². The van der Waals surface area contributed by atoms with Gasteiger partial charge in [0.2, 0.25) is 5.91 Å². The number of aliphatic hydroxyl groups is 1. The van der Waals surface area contributed by atoms with Crippen LogP contribution in [0.4, 0.5) is 0 Å². The number of unbranched alkanes of at least 4 members (excludes halogenated alkanes) is 1. The Bertz CT molecular complexity index is 342. The average molecular weight is 332 g/mol. The minimum Gasteiger partial charge on any atom is -0.460 e. The van der Waals surface area contributed by atoms with Crippen LogP contribution in [0.25, 0.3) is 0 Å². The summed E-state index contributed by atoms with van der Waals surface area (Å²) in [5.41, 5.74) is 4.91. The molecule has 7 heteroatoms. The molecule has 0 saturated carbocycles. The highest BCUT2D eigenvalue weighted by atomic mass is 16.6. The molecule has 0 spiro atoms. The summed E-state index contributed by atoms with van der Waals surface area (Å²) >= 11 is 0. The Morgan fingerprint density at radius 3 is 2.48 bits per heavy atom. The van der Waals surface area contributed by atoms with E-state index in [9.17, 15) is 9.59 Å². The number of ether oxygens (including phenoxy) is 2. The average Bonchev–Trinajstić information content (AvgIpc) is 2.44. The maximum Gasteiger partial charge on any atom is 0.307 e. The first kappa shape index (κ1) is 21.8. The summed E-state index contributed by atoms with van der Waals surface area (Å²) in [6.45, 7) is 6.83. The lowest BCUT2D eigenvalue weighted by atomic mass is 9.97. The van der Waals surface area contributed by atoms with Gasteiger partial charge in [0.15, 0.2) is 0 Å². The van der Waals surface area contributed by atoms with Gasteiger partial charge in [0, 0.05) is 12.5 Å². The minimum atomic E-state index is -0.562. The van der Waals surface area contributed by atoms with Crippen molar-refractivity contribution < 1.29 is 24.2 Å². The molecule has 0 unspecified atom stereocenters. The summed E-state index contributed by atoms with van der Waals surface area (Å²) < 4.78 is 10.4. The third-order valence-electron chi connectivity index (χ3n) is 2.99. The molecule has 136 valence electrons. The molecule has 4 N–H and O–H groups in total. The van der Waals surface area contributed by atoms with Crippen LogP contribution in [0.1, 0.15) is 46.5 Å². The normalized spacial score (nSPS) is 12.7. The second-order valence-corrected chi connectivity index (χ2v) is 6.40. The van der Waals surface area contributed by atoms with Crippen LogP contribution in [-0.2, 0) is 19.1 Å². The van der Waals surface area contributed by atoms with E-state index in [1.807, 2.05) is 0 Å². The first-order valence-corrected chi connectivity index (χ1v) is 8.18. The summed E-state index contributed by atoms with van der Waals surface area (Å²) in [5, 5.41) is 11.4. The molecule has 0 fully saturated rings.